The molecule has 0 aromatic heterocycles. The topological polar surface area (TPSA) is 95.9 Å². The van der Waals surface area contributed by atoms with Gasteiger partial charge in [-0.15, -0.1) is 0 Å². The molecular weight excluding hydrogens is 839 g/mol. The summed E-state index contributed by atoms with van der Waals surface area (Å²) in [4.78, 5) is 24.5. The normalized spacial score (nSPS) is 12.8. The molecule has 400 valence electrons. The van der Waals surface area contributed by atoms with E-state index in [0.717, 1.165) is 64.2 Å². The number of nitrogens with one attached hydrogen (secondary N) is 1. The number of carbonyl (C=O) groups is 2. The summed E-state index contributed by atoms with van der Waals surface area (Å²) in [5.74, 6) is -0.0954. The van der Waals surface area contributed by atoms with Crippen molar-refractivity contribution in [1.82, 2.24) is 5.32 Å². The molecule has 0 fully saturated rings. The van der Waals surface area contributed by atoms with E-state index in [1.165, 1.54) is 231 Å². The molecule has 0 radical (unpaired) electrons. The Morgan fingerprint density at radius 2 is 0.691 bits per heavy atom. The van der Waals surface area contributed by atoms with Gasteiger partial charge in [0, 0.05) is 12.8 Å². The highest BCUT2D eigenvalue weighted by atomic mass is 16.5. The van der Waals surface area contributed by atoms with Gasteiger partial charge in [0.05, 0.1) is 25.4 Å². The number of rotatable bonds is 56. The summed E-state index contributed by atoms with van der Waals surface area (Å²) in [6, 6.07) is -0.641. The molecule has 0 saturated carbocycles. The van der Waals surface area contributed by atoms with Crippen molar-refractivity contribution in [3.63, 3.8) is 0 Å². The highest BCUT2D eigenvalue weighted by Crippen LogP contribution is 2.17. The number of hydrogen-bond donors (Lipinski definition) is 3. The van der Waals surface area contributed by atoms with Crippen LogP contribution in [0.15, 0.2) is 36.5 Å². The maximum absolute atomic E-state index is 12.5. The van der Waals surface area contributed by atoms with Crippen LogP contribution in [0.3, 0.4) is 0 Å². The number of esters is 1. The fourth-order valence-corrected chi connectivity index (χ4v) is 9.21. The third-order valence-corrected chi connectivity index (χ3v) is 13.9. The van der Waals surface area contributed by atoms with E-state index in [2.05, 4.69) is 43.5 Å². The number of allylic oxidation sites excluding steroid dienone is 5. The summed E-state index contributed by atoms with van der Waals surface area (Å²) in [6.45, 7) is 4.88. The van der Waals surface area contributed by atoms with Crippen molar-refractivity contribution in [1.29, 1.82) is 0 Å². The van der Waals surface area contributed by atoms with E-state index < -0.39 is 12.1 Å². The van der Waals surface area contributed by atoms with E-state index in [1.54, 1.807) is 6.08 Å². The molecule has 0 heterocycles. The summed E-state index contributed by atoms with van der Waals surface area (Å²) in [7, 11) is 0. The molecule has 68 heavy (non-hydrogen) atoms. The van der Waals surface area contributed by atoms with Crippen LogP contribution in [-0.4, -0.2) is 47.4 Å². The lowest BCUT2D eigenvalue weighted by Crippen LogP contribution is -2.45. The molecule has 0 aliphatic rings. The Morgan fingerprint density at radius 3 is 1.04 bits per heavy atom. The molecule has 1 amide bonds. The van der Waals surface area contributed by atoms with Crippen LogP contribution in [0.4, 0.5) is 0 Å². The van der Waals surface area contributed by atoms with Crippen molar-refractivity contribution in [3.8, 4) is 0 Å². The number of aliphatic hydroxyl groups is 2. The highest BCUT2D eigenvalue weighted by molar-refractivity contribution is 5.76. The third-order valence-electron chi connectivity index (χ3n) is 13.9. The van der Waals surface area contributed by atoms with Crippen molar-refractivity contribution in [3.05, 3.63) is 36.5 Å². The first-order valence-electron chi connectivity index (χ1n) is 30.3. The summed E-state index contributed by atoms with van der Waals surface area (Å²) in [5.41, 5.74) is 0. The third kappa shape index (κ3) is 53.4. The lowest BCUT2D eigenvalue weighted by Gasteiger charge is -2.20. The van der Waals surface area contributed by atoms with Gasteiger partial charge in [-0.2, -0.15) is 0 Å². The van der Waals surface area contributed by atoms with Gasteiger partial charge in [0.15, 0.2) is 0 Å². The van der Waals surface area contributed by atoms with Crippen LogP contribution in [0, 0.1) is 0 Å². The average molecular weight is 957 g/mol. The summed E-state index contributed by atoms with van der Waals surface area (Å²) in [6.07, 6.45) is 71.7. The minimum Gasteiger partial charge on any atom is -0.466 e. The number of hydrogen-bond acceptors (Lipinski definition) is 5. The lowest BCUT2D eigenvalue weighted by molar-refractivity contribution is -0.143. The van der Waals surface area contributed by atoms with Crippen molar-refractivity contribution in [2.24, 2.45) is 0 Å². The molecule has 6 heteroatoms. The SMILES string of the molecule is CCCCCCC/C=C\CCCCCCCC(=O)OCCCCCCCCC/C=C\CCCCCCCC(=O)NC(CO)C(O)/C=C/CCCCCCCCCCCCCCCCCCCCC. The zero-order valence-corrected chi connectivity index (χ0v) is 45.6. The zero-order valence-electron chi connectivity index (χ0n) is 45.6. The van der Waals surface area contributed by atoms with Gasteiger partial charge >= 0.3 is 5.97 Å². The predicted molar refractivity (Wildman–Crippen MR) is 296 cm³/mol. The molecule has 3 N–H and O–H groups in total. The Morgan fingerprint density at radius 1 is 0.397 bits per heavy atom. The number of aliphatic hydroxyl groups excluding tert-OH is 2. The van der Waals surface area contributed by atoms with Crippen LogP contribution < -0.4 is 5.32 Å². The van der Waals surface area contributed by atoms with Crippen LogP contribution in [-0.2, 0) is 14.3 Å². The number of ether oxygens (including phenoxy) is 1. The van der Waals surface area contributed by atoms with E-state index in [4.69, 9.17) is 4.74 Å². The quantitative estimate of drug-likeness (QED) is 0.0321. The molecule has 6 nitrogen and oxygen atoms in total. The minimum atomic E-state index is -0.856. The average Bonchev–Trinajstić information content (AvgIpc) is 3.34. The fourth-order valence-electron chi connectivity index (χ4n) is 9.21. The number of unbranched alkanes of at least 4 members (excludes halogenated alkanes) is 41. The number of carbonyl (C=O) groups excluding carboxylic acids is 2. The van der Waals surface area contributed by atoms with E-state index in [0.29, 0.717) is 19.4 Å². The van der Waals surface area contributed by atoms with Gasteiger partial charge < -0.3 is 20.3 Å². The second-order valence-electron chi connectivity index (χ2n) is 20.7. The van der Waals surface area contributed by atoms with Crippen LogP contribution in [0.25, 0.3) is 0 Å². The van der Waals surface area contributed by atoms with Crippen molar-refractivity contribution in [2.45, 2.75) is 334 Å². The van der Waals surface area contributed by atoms with Gasteiger partial charge in [0.25, 0.3) is 0 Å². The summed E-state index contributed by atoms with van der Waals surface area (Å²) in [5, 5.41) is 23.2. The van der Waals surface area contributed by atoms with E-state index >= 15 is 0 Å². The molecule has 0 aliphatic carbocycles. The molecule has 0 aromatic carbocycles. The predicted octanol–water partition coefficient (Wildman–Crippen LogP) is 18.8. The molecular formula is C62H117NO5. The van der Waals surface area contributed by atoms with Crippen molar-refractivity contribution >= 4 is 11.9 Å². The smallest absolute Gasteiger partial charge is 0.305 e. The van der Waals surface area contributed by atoms with Crippen LogP contribution in [0.1, 0.15) is 322 Å². The lowest BCUT2D eigenvalue weighted by atomic mass is 10.0. The van der Waals surface area contributed by atoms with Crippen molar-refractivity contribution in [2.75, 3.05) is 13.2 Å². The molecule has 0 aliphatic heterocycles. The summed E-state index contributed by atoms with van der Waals surface area (Å²) >= 11 is 0. The molecule has 0 bridgehead atoms. The Hall–Kier alpha value is -1.92. The maximum atomic E-state index is 12.5. The molecule has 0 aromatic rings. The van der Waals surface area contributed by atoms with Crippen LogP contribution >= 0.6 is 0 Å². The minimum absolute atomic E-state index is 0.0123. The first kappa shape index (κ1) is 66.1. The largest absolute Gasteiger partial charge is 0.466 e. The Kier molecular flexibility index (Phi) is 56.0. The molecule has 0 rings (SSSR count). The Bertz CT molecular complexity index is 1100. The van der Waals surface area contributed by atoms with Crippen LogP contribution in [0.5, 0.6) is 0 Å². The van der Waals surface area contributed by atoms with E-state index in [9.17, 15) is 19.8 Å². The van der Waals surface area contributed by atoms with E-state index in [-0.39, 0.29) is 18.5 Å². The fraction of sp³-hybridized carbons (Fsp3) is 0.871. The van der Waals surface area contributed by atoms with Gasteiger partial charge in [-0.05, 0) is 83.5 Å². The first-order chi connectivity index (χ1) is 33.5. The standard InChI is InChI=1S/C62H117NO5/c1-3-5-7-9-11-13-15-17-19-20-21-22-23-24-27-30-34-38-42-46-50-54-60(65)59(58-64)63-61(66)55-51-47-43-39-35-31-28-25-26-29-33-37-41-45-49-53-57-68-62(67)56-52-48-44-40-36-32-18-16-14-12-10-8-6-4-2/h16,18,25,28,50,54,59-60,64-65H,3-15,17,19-24,26-27,29-49,51-53,55-58H2,1-2H3,(H,63,66)/b18-16-,28-25-,54-50+. The van der Waals surface area contributed by atoms with Gasteiger partial charge in [0.2, 0.25) is 5.91 Å². The summed E-state index contributed by atoms with van der Waals surface area (Å²) < 4.78 is 5.46. The van der Waals surface area contributed by atoms with E-state index in [1.807, 2.05) is 6.08 Å². The Balaban J connectivity index is 3.50. The zero-order chi connectivity index (χ0) is 49.3. The molecule has 0 saturated heterocycles. The van der Waals surface area contributed by atoms with Gasteiger partial charge in [-0.3, -0.25) is 9.59 Å². The number of amides is 1. The van der Waals surface area contributed by atoms with Gasteiger partial charge in [-0.1, -0.05) is 262 Å². The monoisotopic (exact) mass is 956 g/mol. The van der Waals surface area contributed by atoms with Gasteiger partial charge in [0.1, 0.15) is 0 Å². The molecule has 2 atom stereocenters. The maximum Gasteiger partial charge on any atom is 0.305 e. The second kappa shape index (κ2) is 57.7. The van der Waals surface area contributed by atoms with Crippen molar-refractivity contribution < 1.29 is 24.5 Å². The highest BCUT2D eigenvalue weighted by Gasteiger charge is 2.18. The van der Waals surface area contributed by atoms with Crippen LogP contribution in [0.2, 0.25) is 0 Å². The second-order valence-corrected chi connectivity index (χ2v) is 20.7. The molecule has 2 unspecified atom stereocenters. The Labute approximate surface area is 424 Å². The first-order valence-corrected chi connectivity index (χ1v) is 30.3. The van der Waals surface area contributed by atoms with Gasteiger partial charge in [-0.25, -0.2) is 0 Å². The molecule has 0 spiro atoms.